The van der Waals surface area contributed by atoms with E-state index in [1.807, 2.05) is 48.2 Å². The second-order valence-electron chi connectivity index (χ2n) is 8.26. The van der Waals surface area contributed by atoms with Gasteiger partial charge in [-0.3, -0.25) is 0 Å². The van der Waals surface area contributed by atoms with Gasteiger partial charge in [-0.1, -0.05) is 18.2 Å². The van der Waals surface area contributed by atoms with Gasteiger partial charge in [0, 0.05) is 14.1 Å². The van der Waals surface area contributed by atoms with Crippen molar-refractivity contribution in [2.75, 3.05) is 73.4 Å². The number of para-hydroxylation sites is 1. The van der Waals surface area contributed by atoms with Gasteiger partial charge in [0.1, 0.15) is 5.69 Å². The van der Waals surface area contributed by atoms with Crippen molar-refractivity contribution in [2.24, 2.45) is 4.99 Å². The molecular formula is C22H34N6O2P+. The number of hydrogen-bond acceptors (Lipinski definition) is 6. The molecule has 168 valence electrons. The minimum atomic E-state index is -1.92. The number of hydrogen-bond donors (Lipinski definition) is 0. The molecule has 0 aliphatic carbocycles. The Balaban J connectivity index is 1.90. The Hall–Kier alpha value is -1.83. The van der Waals surface area contributed by atoms with Crippen LogP contribution < -0.4 is 5.30 Å². The van der Waals surface area contributed by atoms with Gasteiger partial charge >= 0.3 is 0 Å². The number of aliphatic imine (C=N–C) groups is 1. The van der Waals surface area contributed by atoms with Crippen LogP contribution in [-0.2, 0) is 9.47 Å². The monoisotopic (exact) mass is 445 g/mol. The molecule has 2 aliphatic rings. The maximum absolute atomic E-state index is 5.71. The molecule has 0 atom stereocenters. The van der Waals surface area contributed by atoms with E-state index in [1.165, 1.54) is 5.30 Å². The van der Waals surface area contributed by atoms with Crippen molar-refractivity contribution in [1.29, 1.82) is 0 Å². The van der Waals surface area contributed by atoms with E-state index >= 15 is 0 Å². The van der Waals surface area contributed by atoms with Gasteiger partial charge in [-0.25, -0.2) is 9.67 Å². The number of ether oxygens (including phenoxy) is 2. The second kappa shape index (κ2) is 9.76. The summed E-state index contributed by atoms with van der Waals surface area (Å²) in [5, 5.41) is 6.27. The van der Waals surface area contributed by atoms with E-state index < -0.39 is 7.56 Å². The Kier molecular flexibility index (Phi) is 7.04. The van der Waals surface area contributed by atoms with Crippen LogP contribution in [0.2, 0.25) is 0 Å². The molecule has 0 amide bonds. The van der Waals surface area contributed by atoms with Gasteiger partial charge in [-0.15, -0.1) is 0 Å². The summed E-state index contributed by atoms with van der Waals surface area (Å²) in [6.45, 7) is 11.3. The van der Waals surface area contributed by atoms with Gasteiger partial charge in [0.15, 0.2) is 12.9 Å². The fourth-order valence-electron chi connectivity index (χ4n) is 4.39. The predicted molar refractivity (Wildman–Crippen MR) is 127 cm³/mol. The van der Waals surface area contributed by atoms with Crippen LogP contribution in [0.3, 0.4) is 0 Å². The van der Waals surface area contributed by atoms with Crippen molar-refractivity contribution in [3.05, 3.63) is 36.0 Å². The van der Waals surface area contributed by atoms with Gasteiger partial charge in [0.2, 0.25) is 5.82 Å². The summed E-state index contributed by atoms with van der Waals surface area (Å²) in [5.41, 5.74) is 2.07. The Morgan fingerprint density at radius 3 is 2.03 bits per heavy atom. The number of benzene rings is 1. The highest BCUT2D eigenvalue weighted by Crippen LogP contribution is 2.63. The van der Waals surface area contributed by atoms with E-state index in [0.717, 1.165) is 69.8 Å². The van der Waals surface area contributed by atoms with Crippen molar-refractivity contribution in [3.63, 3.8) is 0 Å². The third-order valence-corrected chi connectivity index (χ3v) is 10.3. The SMILES string of the molecule is Cc1nn(-c2ccccc2)c(N=CN(C)C)c1[P+](C)(N1CCOCC1)N1CCOCC1. The van der Waals surface area contributed by atoms with Crippen LogP contribution >= 0.6 is 7.56 Å². The van der Waals surface area contributed by atoms with E-state index in [-0.39, 0.29) is 0 Å². The summed E-state index contributed by atoms with van der Waals surface area (Å²) < 4.78 is 18.7. The second-order valence-corrected chi connectivity index (χ2v) is 11.7. The lowest BCUT2D eigenvalue weighted by atomic mass is 10.3. The predicted octanol–water partition coefficient (Wildman–Crippen LogP) is 2.17. The zero-order valence-electron chi connectivity index (χ0n) is 19.1. The zero-order chi connectivity index (χ0) is 21.8. The molecule has 3 heterocycles. The average molecular weight is 446 g/mol. The number of morpholine rings is 2. The van der Waals surface area contributed by atoms with Crippen molar-refractivity contribution in [3.8, 4) is 5.69 Å². The summed E-state index contributed by atoms with van der Waals surface area (Å²) in [6, 6.07) is 10.3. The van der Waals surface area contributed by atoms with E-state index in [0.29, 0.717) is 0 Å². The molecule has 0 radical (unpaired) electrons. The quantitative estimate of drug-likeness (QED) is 0.386. The molecule has 2 fully saturated rings. The molecule has 0 spiro atoms. The minimum Gasteiger partial charge on any atom is -0.378 e. The van der Waals surface area contributed by atoms with Crippen LogP contribution in [-0.4, -0.2) is 104 Å². The first-order valence-electron chi connectivity index (χ1n) is 10.9. The van der Waals surface area contributed by atoms with Crippen LogP contribution in [0.1, 0.15) is 5.69 Å². The first kappa shape index (κ1) is 22.4. The van der Waals surface area contributed by atoms with E-state index in [4.69, 9.17) is 19.6 Å². The number of aryl methyl sites for hydroxylation is 1. The molecule has 8 nitrogen and oxygen atoms in total. The minimum absolute atomic E-state index is 0.766. The number of rotatable bonds is 6. The van der Waals surface area contributed by atoms with Crippen molar-refractivity contribution in [2.45, 2.75) is 6.92 Å². The molecule has 0 N–H and O–H groups in total. The van der Waals surface area contributed by atoms with Gasteiger partial charge in [-0.2, -0.15) is 14.4 Å². The van der Waals surface area contributed by atoms with Gasteiger partial charge in [-0.05, 0) is 19.1 Å². The standard InChI is InChI=1S/C22H34N6O2P/c1-19-21(22(23-18-25(2)3)28(24-19)20-8-6-5-7-9-20)31(4,26-10-14-29-15-11-26)27-12-16-30-17-13-27/h5-9,18H,10-17H2,1-4H3/q+1. The van der Waals surface area contributed by atoms with Crippen molar-refractivity contribution < 1.29 is 9.47 Å². The van der Waals surface area contributed by atoms with Crippen molar-refractivity contribution >= 4 is 25.0 Å². The third-order valence-electron chi connectivity index (χ3n) is 5.92. The molecule has 0 bridgehead atoms. The summed E-state index contributed by atoms with van der Waals surface area (Å²) in [4.78, 5) is 6.94. The van der Waals surface area contributed by atoms with E-state index in [2.05, 4.69) is 35.1 Å². The molecule has 1 aromatic carbocycles. The zero-order valence-corrected chi connectivity index (χ0v) is 20.0. The normalized spacial score (nSPS) is 19.2. The van der Waals surface area contributed by atoms with Crippen LogP contribution in [0.25, 0.3) is 5.69 Å². The highest BCUT2D eigenvalue weighted by molar-refractivity contribution is 7.78. The fourth-order valence-corrected chi connectivity index (χ4v) is 8.38. The highest BCUT2D eigenvalue weighted by Gasteiger charge is 2.53. The molecule has 4 rings (SSSR count). The molecule has 0 unspecified atom stereocenters. The third kappa shape index (κ3) is 4.54. The molecule has 9 heteroatoms. The largest absolute Gasteiger partial charge is 0.378 e. The van der Waals surface area contributed by atoms with E-state index in [1.54, 1.807) is 0 Å². The number of nitrogens with zero attached hydrogens (tertiary/aromatic N) is 6. The highest BCUT2D eigenvalue weighted by atomic mass is 31.2. The Bertz CT molecular complexity index is 871. The first-order valence-corrected chi connectivity index (χ1v) is 13.0. The molecular weight excluding hydrogens is 411 g/mol. The van der Waals surface area contributed by atoms with E-state index in [9.17, 15) is 0 Å². The topological polar surface area (TPSA) is 58.4 Å². The maximum Gasteiger partial charge on any atom is 0.203 e. The molecule has 2 aliphatic heterocycles. The summed E-state index contributed by atoms with van der Waals surface area (Å²) in [6.07, 6.45) is 1.88. The Labute approximate surface area is 185 Å². The van der Waals surface area contributed by atoms with Gasteiger partial charge in [0.25, 0.3) is 0 Å². The van der Waals surface area contributed by atoms with Crippen LogP contribution in [0.4, 0.5) is 5.82 Å². The van der Waals surface area contributed by atoms with Crippen LogP contribution in [0.15, 0.2) is 35.3 Å². The van der Waals surface area contributed by atoms with Gasteiger partial charge in [0.05, 0.1) is 71.3 Å². The van der Waals surface area contributed by atoms with Crippen molar-refractivity contribution in [1.82, 2.24) is 24.0 Å². The fraction of sp³-hybridized carbons (Fsp3) is 0.545. The molecule has 1 aromatic heterocycles. The number of aromatic nitrogens is 2. The molecule has 31 heavy (non-hydrogen) atoms. The van der Waals surface area contributed by atoms with Gasteiger partial charge < -0.3 is 14.4 Å². The van der Waals surface area contributed by atoms with Crippen LogP contribution in [0, 0.1) is 6.92 Å². The summed E-state index contributed by atoms with van der Waals surface area (Å²) >= 11 is 0. The molecule has 2 aromatic rings. The lowest BCUT2D eigenvalue weighted by Gasteiger charge is -2.43. The van der Waals surface area contributed by atoms with Crippen LogP contribution in [0.5, 0.6) is 0 Å². The molecule has 2 saturated heterocycles. The lowest BCUT2D eigenvalue weighted by molar-refractivity contribution is 0.0570. The Morgan fingerprint density at radius 2 is 1.52 bits per heavy atom. The average Bonchev–Trinajstić information content (AvgIpc) is 3.15. The maximum atomic E-state index is 5.71. The summed E-state index contributed by atoms with van der Waals surface area (Å²) in [7, 11) is 2.08. The lowest BCUT2D eigenvalue weighted by Crippen LogP contribution is -2.49. The first-order chi connectivity index (χ1) is 15.0. The molecule has 0 saturated carbocycles. The summed E-state index contributed by atoms with van der Waals surface area (Å²) in [5.74, 6) is 0.922. The smallest absolute Gasteiger partial charge is 0.203 e. The Morgan fingerprint density at radius 1 is 0.968 bits per heavy atom.